The fourth-order valence-electron chi connectivity index (χ4n) is 1.93. The highest BCUT2D eigenvalue weighted by atomic mass is 15.1. The summed E-state index contributed by atoms with van der Waals surface area (Å²) in [7, 11) is 2.21. The SMILES string of the molecule is C=C(C)CC1CCCN(C)C1. The molecule has 0 saturated carbocycles. The van der Waals surface area contributed by atoms with Crippen LogP contribution in [0.25, 0.3) is 0 Å². The van der Waals surface area contributed by atoms with Gasteiger partial charge >= 0.3 is 0 Å². The summed E-state index contributed by atoms with van der Waals surface area (Å²) in [5.41, 5.74) is 1.34. The van der Waals surface area contributed by atoms with Crippen LogP contribution < -0.4 is 0 Å². The Balaban J connectivity index is 2.28. The molecule has 0 spiro atoms. The third kappa shape index (κ3) is 3.06. The van der Waals surface area contributed by atoms with Gasteiger partial charge in [0.25, 0.3) is 0 Å². The normalized spacial score (nSPS) is 26.9. The molecule has 1 aliphatic rings. The van der Waals surface area contributed by atoms with E-state index < -0.39 is 0 Å². The van der Waals surface area contributed by atoms with Gasteiger partial charge in [0.2, 0.25) is 0 Å². The van der Waals surface area contributed by atoms with Crippen LogP contribution in [0.5, 0.6) is 0 Å². The highest BCUT2D eigenvalue weighted by molar-refractivity contribution is 4.91. The quantitative estimate of drug-likeness (QED) is 0.550. The molecule has 0 N–H and O–H groups in total. The molecule has 1 heteroatoms. The first-order chi connectivity index (χ1) is 5.18. The number of piperidine rings is 1. The van der Waals surface area contributed by atoms with E-state index >= 15 is 0 Å². The molecule has 1 atom stereocenters. The van der Waals surface area contributed by atoms with E-state index in [2.05, 4.69) is 25.5 Å². The van der Waals surface area contributed by atoms with Crippen molar-refractivity contribution < 1.29 is 0 Å². The van der Waals surface area contributed by atoms with Gasteiger partial charge in [-0.25, -0.2) is 0 Å². The Labute approximate surface area is 70.1 Å². The minimum atomic E-state index is 0.881. The van der Waals surface area contributed by atoms with Gasteiger partial charge in [-0.15, -0.1) is 6.58 Å². The van der Waals surface area contributed by atoms with Crippen LogP contribution in [0.4, 0.5) is 0 Å². The lowest BCUT2D eigenvalue weighted by Crippen LogP contribution is -2.32. The van der Waals surface area contributed by atoms with Crippen molar-refractivity contribution >= 4 is 0 Å². The number of hydrogen-bond acceptors (Lipinski definition) is 1. The van der Waals surface area contributed by atoms with Crippen molar-refractivity contribution in [3.63, 3.8) is 0 Å². The molecule has 1 rings (SSSR count). The van der Waals surface area contributed by atoms with Gasteiger partial charge in [0, 0.05) is 6.54 Å². The van der Waals surface area contributed by atoms with Crippen molar-refractivity contribution in [2.75, 3.05) is 20.1 Å². The largest absolute Gasteiger partial charge is 0.306 e. The van der Waals surface area contributed by atoms with Gasteiger partial charge in [-0.2, -0.15) is 0 Å². The summed E-state index contributed by atoms with van der Waals surface area (Å²) in [6.07, 6.45) is 4.00. The monoisotopic (exact) mass is 153 g/mol. The number of hydrogen-bond donors (Lipinski definition) is 0. The topological polar surface area (TPSA) is 3.24 Å². The van der Waals surface area contributed by atoms with E-state index in [0.29, 0.717) is 0 Å². The molecule has 1 heterocycles. The molecule has 1 saturated heterocycles. The molecule has 0 bridgehead atoms. The van der Waals surface area contributed by atoms with Gasteiger partial charge < -0.3 is 4.90 Å². The second kappa shape index (κ2) is 3.91. The van der Waals surface area contributed by atoms with Crippen LogP contribution in [0.2, 0.25) is 0 Å². The van der Waals surface area contributed by atoms with E-state index in [0.717, 1.165) is 5.92 Å². The molecule has 0 aromatic heterocycles. The molecule has 0 radical (unpaired) electrons. The Morgan fingerprint density at radius 2 is 2.36 bits per heavy atom. The maximum Gasteiger partial charge on any atom is 0.000967 e. The second-order valence-electron chi connectivity index (χ2n) is 3.93. The van der Waals surface area contributed by atoms with Gasteiger partial charge in [-0.1, -0.05) is 5.57 Å². The fourth-order valence-corrected chi connectivity index (χ4v) is 1.93. The van der Waals surface area contributed by atoms with Crippen LogP contribution >= 0.6 is 0 Å². The molecule has 64 valence electrons. The third-order valence-corrected chi connectivity index (χ3v) is 2.36. The summed E-state index contributed by atoms with van der Waals surface area (Å²) >= 11 is 0. The lowest BCUT2D eigenvalue weighted by Gasteiger charge is -2.29. The van der Waals surface area contributed by atoms with Crippen molar-refractivity contribution in [1.29, 1.82) is 0 Å². The Hall–Kier alpha value is -0.300. The number of allylic oxidation sites excluding steroid dienone is 1. The van der Waals surface area contributed by atoms with Crippen molar-refractivity contribution in [3.8, 4) is 0 Å². The van der Waals surface area contributed by atoms with Gasteiger partial charge in [-0.05, 0) is 45.7 Å². The Morgan fingerprint density at radius 1 is 1.64 bits per heavy atom. The zero-order chi connectivity index (χ0) is 8.27. The van der Waals surface area contributed by atoms with Gasteiger partial charge in [0.15, 0.2) is 0 Å². The molecule has 0 aromatic carbocycles. The summed E-state index contributed by atoms with van der Waals surface area (Å²) in [6.45, 7) is 8.64. The molecule has 1 nitrogen and oxygen atoms in total. The summed E-state index contributed by atoms with van der Waals surface area (Å²) in [4.78, 5) is 2.43. The van der Waals surface area contributed by atoms with Crippen LogP contribution in [0.3, 0.4) is 0 Å². The van der Waals surface area contributed by atoms with Crippen LogP contribution in [0.15, 0.2) is 12.2 Å². The summed E-state index contributed by atoms with van der Waals surface area (Å²) in [6, 6.07) is 0. The van der Waals surface area contributed by atoms with Crippen molar-refractivity contribution in [3.05, 3.63) is 12.2 Å². The number of nitrogens with zero attached hydrogens (tertiary/aromatic N) is 1. The van der Waals surface area contributed by atoms with E-state index in [4.69, 9.17) is 0 Å². The van der Waals surface area contributed by atoms with Gasteiger partial charge in [0.05, 0.1) is 0 Å². The lowest BCUT2D eigenvalue weighted by atomic mass is 9.92. The zero-order valence-electron chi connectivity index (χ0n) is 7.77. The van der Waals surface area contributed by atoms with E-state index in [1.54, 1.807) is 0 Å². The molecule has 1 fully saturated rings. The average molecular weight is 153 g/mol. The van der Waals surface area contributed by atoms with Crippen LogP contribution in [-0.2, 0) is 0 Å². The molecule has 11 heavy (non-hydrogen) atoms. The fraction of sp³-hybridized carbons (Fsp3) is 0.800. The van der Waals surface area contributed by atoms with E-state index in [1.165, 1.54) is 37.9 Å². The molecular formula is C10H19N. The van der Waals surface area contributed by atoms with Crippen LogP contribution in [-0.4, -0.2) is 25.0 Å². The smallest absolute Gasteiger partial charge is 0.000967 e. The summed E-state index contributed by atoms with van der Waals surface area (Å²) in [5.74, 6) is 0.881. The third-order valence-electron chi connectivity index (χ3n) is 2.36. The predicted octanol–water partition coefficient (Wildman–Crippen LogP) is 2.29. The molecule has 0 aliphatic carbocycles. The zero-order valence-corrected chi connectivity index (χ0v) is 7.77. The van der Waals surface area contributed by atoms with Gasteiger partial charge in [-0.3, -0.25) is 0 Å². The molecule has 0 amide bonds. The first-order valence-electron chi connectivity index (χ1n) is 4.51. The maximum absolute atomic E-state index is 3.96. The summed E-state index contributed by atoms with van der Waals surface area (Å²) < 4.78 is 0. The van der Waals surface area contributed by atoms with E-state index in [9.17, 15) is 0 Å². The maximum atomic E-state index is 3.96. The van der Waals surface area contributed by atoms with E-state index in [-0.39, 0.29) is 0 Å². The standard InChI is InChI=1S/C10H19N/c1-9(2)7-10-5-4-6-11(3)8-10/h10H,1,4-8H2,2-3H3. The summed E-state index contributed by atoms with van der Waals surface area (Å²) in [5, 5.41) is 0. The number of rotatable bonds is 2. The molecule has 0 aromatic rings. The van der Waals surface area contributed by atoms with Crippen LogP contribution in [0.1, 0.15) is 26.2 Å². The highest BCUT2D eigenvalue weighted by Gasteiger charge is 2.16. The Bertz CT molecular complexity index is 140. The first kappa shape index (κ1) is 8.79. The first-order valence-corrected chi connectivity index (χ1v) is 4.51. The van der Waals surface area contributed by atoms with E-state index in [1.807, 2.05) is 0 Å². The molecule has 1 unspecified atom stereocenters. The second-order valence-corrected chi connectivity index (χ2v) is 3.93. The van der Waals surface area contributed by atoms with Crippen molar-refractivity contribution in [2.24, 2.45) is 5.92 Å². The lowest BCUT2D eigenvalue weighted by molar-refractivity contribution is 0.209. The van der Waals surface area contributed by atoms with Crippen LogP contribution in [0, 0.1) is 5.92 Å². The Morgan fingerprint density at radius 3 is 2.91 bits per heavy atom. The minimum Gasteiger partial charge on any atom is -0.306 e. The van der Waals surface area contributed by atoms with Crippen molar-refractivity contribution in [2.45, 2.75) is 26.2 Å². The van der Waals surface area contributed by atoms with Gasteiger partial charge in [0.1, 0.15) is 0 Å². The number of likely N-dealkylation sites (tertiary alicyclic amines) is 1. The predicted molar refractivity (Wildman–Crippen MR) is 49.7 cm³/mol. The molecule has 1 aliphatic heterocycles. The minimum absolute atomic E-state index is 0.881. The highest BCUT2D eigenvalue weighted by Crippen LogP contribution is 2.20. The Kier molecular flexibility index (Phi) is 3.13. The van der Waals surface area contributed by atoms with Crippen molar-refractivity contribution in [1.82, 2.24) is 4.90 Å². The average Bonchev–Trinajstić information content (AvgIpc) is 1.85. The molecular weight excluding hydrogens is 134 g/mol.